The summed E-state index contributed by atoms with van der Waals surface area (Å²) in [6.45, 7) is 4.36. The van der Waals surface area contributed by atoms with Crippen LogP contribution in [0.3, 0.4) is 0 Å². The summed E-state index contributed by atoms with van der Waals surface area (Å²) in [4.78, 5) is 11.0. The molecular formula is C11H15BrN2O. The highest BCUT2D eigenvalue weighted by atomic mass is 79.9. The summed E-state index contributed by atoms with van der Waals surface area (Å²) in [5.41, 5.74) is 3.29. The van der Waals surface area contributed by atoms with Gasteiger partial charge in [0.15, 0.2) is 0 Å². The zero-order valence-electron chi connectivity index (χ0n) is 9.15. The van der Waals surface area contributed by atoms with Gasteiger partial charge < -0.3 is 10.6 Å². The normalized spacial score (nSPS) is 9.87. The van der Waals surface area contributed by atoms with Gasteiger partial charge in [0.1, 0.15) is 0 Å². The van der Waals surface area contributed by atoms with Crippen LogP contribution in [-0.2, 0) is 4.79 Å². The van der Waals surface area contributed by atoms with Gasteiger partial charge in [0, 0.05) is 17.2 Å². The Kier molecular flexibility index (Phi) is 4.15. The van der Waals surface area contributed by atoms with Crippen LogP contribution in [0.1, 0.15) is 11.1 Å². The zero-order valence-corrected chi connectivity index (χ0v) is 10.7. The van der Waals surface area contributed by atoms with Gasteiger partial charge in [-0.25, -0.2) is 0 Å². The number of aryl methyl sites for hydroxylation is 2. The molecule has 0 aromatic heterocycles. The lowest BCUT2D eigenvalue weighted by atomic mass is 10.1. The molecule has 0 fully saturated rings. The maximum Gasteiger partial charge on any atom is 0.239 e. The van der Waals surface area contributed by atoms with Crippen molar-refractivity contribution in [2.24, 2.45) is 0 Å². The third-order valence-electron chi connectivity index (χ3n) is 2.17. The number of hydrogen-bond donors (Lipinski definition) is 2. The Morgan fingerprint density at radius 2 is 1.87 bits per heavy atom. The van der Waals surface area contributed by atoms with E-state index in [1.807, 2.05) is 26.0 Å². The largest absolute Gasteiger partial charge is 0.376 e. The predicted octanol–water partition coefficient (Wildman–Crippen LogP) is 2.22. The van der Waals surface area contributed by atoms with E-state index < -0.39 is 0 Å². The number of amides is 1. The Morgan fingerprint density at radius 3 is 2.33 bits per heavy atom. The Labute approximate surface area is 98.4 Å². The summed E-state index contributed by atoms with van der Waals surface area (Å²) < 4.78 is 1.12. The molecule has 15 heavy (non-hydrogen) atoms. The molecule has 1 aromatic carbocycles. The van der Waals surface area contributed by atoms with Crippen molar-refractivity contribution in [3.63, 3.8) is 0 Å². The highest BCUT2D eigenvalue weighted by Crippen LogP contribution is 2.24. The minimum Gasteiger partial charge on any atom is -0.376 e. The topological polar surface area (TPSA) is 41.1 Å². The Morgan fingerprint density at radius 1 is 1.33 bits per heavy atom. The van der Waals surface area contributed by atoms with Crippen LogP contribution in [0.5, 0.6) is 0 Å². The molecule has 0 heterocycles. The molecule has 1 amide bonds. The lowest BCUT2D eigenvalue weighted by molar-refractivity contribution is -0.118. The molecule has 0 radical (unpaired) electrons. The van der Waals surface area contributed by atoms with E-state index in [0.717, 1.165) is 21.3 Å². The number of carbonyl (C=O) groups is 1. The molecular weight excluding hydrogens is 256 g/mol. The van der Waals surface area contributed by atoms with E-state index in [9.17, 15) is 4.79 Å². The van der Waals surface area contributed by atoms with Gasteiger partial charge in [-0.1, -0.05) is 15.9 Å². The van der Waals surface area contributed by atoms with Gasteiger partial charge in [0.25, 0.3) is 0 Å². The van der Waals surface area contributed by atoms with Gasteiger partial charge in [0.05, 0.1) is 6.54 Å². The van der Waals surface area contributed by atoms with Crippen LogP contribution in [0.2, 0.25) is 0 Å². The first-order valence-corrected chi connectivity index (χ1v) is 5.55. The highest BCUT2D eigenvalue weighted by molar-refractivity contribution is 9.10. The first-order valence-electron chi connectivity index (χ1n) is 4.75. The molecule has 82 valence electrons. The number of halogens is 1. The van der Waals surface area contributed by atoms with Crippen LogP contribution >= 0.6 is 15.9 Å². The smallest absolute Gasteiger partial charge is 0.239 e. The van der Waals surface area contributed by atoms with E-state index >= 15 is 0 Å². The molecule has 3 nitrogen and oxygen atoms in total. The molecule has 0 saturated carbocycles. The second kappa shape index (κ2) is 5.16. The number of benzene rings is 1. The van der Waals surface area contributed by atoms with Crippen molar-refractivity contribution in [1.29, 1.82) is 0 Å². The second-order valence-electron chi connectivity index (χ2n) is 3.45. The van der Waals surface area contributed by atoms with E-state index in [-0.39, 0.29) is 5.91 Å². The monoisotopic (exact) mass is 270 g/mol. The van der Waals surface area contributed by atoms with Crippen LogP contribution in [-0.4, -0.2) is 19.5 Å². The predicted molar refractivity (Wildman–Crippen MR) is 66.2 cm³/mol. The molecule has 0 unspecified atom stereocenters. The van der Waals surface area contributed by atoms with Gasteiger partial charge >= 0.3 is 0 Å². The van der Waals surface area contributed by atoms with E-state index in [4.69, 9.17) is 0 Å². The fraction of sp³-hybridized carbons (Fsp3) is 0.364. The SMILES string of the molecule is CNC(=O)CNc1cc(C)c(Br)c(C)c1. The van der Waals surface area contributed by atoms with Crippen LogP contribution in [0, 0.1) is 13.8 Å². The molecule has 0 saturated heterocycles. The van der Waals surface area contributed by atoms with Crippen LogP contribution in [0.4, 0.5) is 5.69 Å². The maximum absolute atomic E-state index is 11.0. The molecule has 0 atom stereocenters. The summed E-state index contributed by atoms with van der Waals surface area (Å²) in [6, 6.07) is 4.03. The minimum absolute atomic E-state index is 0.0202. The van der Waals surface area contributed by atoms with Gasteiger partial charge in [0.2, 0.25) is 5.91 Å². The van der Waals surface area contributed by atoms with Crippen molar-refractivity contribution in [3.8, 4) is 0 Å². The van der Waals surface area contributed by atoms with Gasteiger partial charge in [-0.2, -0.15) is 0 Å². The van der Waals surface area contributed by atoms with Crippen LogP contribution < -0.4 is 10.6 Å². The fourth-order valence-electron chi connectivity index (χ4n) is 1.32. The quantitative estimate of drug-likeness (QED) is 0.885. The molecule has 0 bridgehead atoms. The number of rotatable bonds is 3. The minimum atomic E-state index is -0.0202. The molecule has 1 rings (SSSR count). The number of nitrogens with one attached hydrogen (secondary N) is 2. The van der Waals surface area contributed by atoms with E-state index in [1.165, 1.54) is 0 Å². The second-order valence-corrected chi connectivity index (χ2v) is 4.24. The number of carbonyl (C=O) groups excluding carboxylic acids is 1. The molecule has 1 aromatic rings. The lowest BCUT2D eigenvalue weighted by Gasteiger charge is -2.09. The van der Waals surface area contributed by atoms with Gasteiger partial charge in [-0.15, -0.1) is 0 Å². The number of likely N-dealkylation sites (N-methyl/N-ethyl adjacent to an activating group) is 1. The maximum atomic E-state index is 11.0. The lowest BCUT2D eigenvalue weighted by Crippen LogP contribution is -2.26. The van der Waals surface area contributed by atoms with E-state index in [0.29, 0.717) is 6.54 Å². The summed E-state index contributed by atoms with van der Waals surface area (Å²) in [5, 5.41) is 5.64. The summed E-state index contributed by atoms with van der Waals surface area (Å²) in [5.74, 6) is -0.0202. The Hall–Kier alpha value is -1.03. The van der Waals surface area contributed by atoms with E-state index in [1.54, 1.807) is 7.05 Å². The molecule has 0 aliphatic rings. The highest BCUT2D eigenvalue weighted by Gasteiger charge is 2.03. The molecule has 2 N–H and O–H groups in total. The Balaban J connectivity index is 2.75. The van der Waals surface area contributed by atoms with E-state index in [2.05, 4.69) is 26.6 Å². The Bertz CT molecular complexity index is 354. The average Bonchev–Trinajstić information content (AvgIpc) is 2.22. The van der Waals surface area contributed by atoms with Gasteiger partial charge in [-0.05, 0) is 37.1 Å². The van der Waals surface area contributed by atoms with Crippen molar-refractivity contribution >= 4 is 27.5 Å². The fourth-order valence-corrected chi connectivity index (χ4v) is 1.55. The van der Waals surface area contributed by atoms with Crippen molar-refractivity contribution in [2.75, 3.05) is 18.9 Å². The summed E-state index contributed by atoms with van der Waals surface area (Å²) in [6.07, 6.45) is 0. The molecule has 0 aliphatic heterocycles. The molecule has 4 heteroatoms. The first-order chi connectivity index (χ1) is 7.04. The first kappa shape index (κ1) is 12.0. The van der Waals surface area contributed by atoms with Crippen molar-refractivity contribution in [2.45, 2.75) is 13.8 Å². The standard InChI is InChI=1S/C11H15BrN2O/c1-7-4-9(5-8(2)11(7)12)14-6-10(15)13-3/h4-5,14H,6H2,1-3H3,(H,13,15). The number of hydrogen-bond acceptors (Lipinski definition) is 2. The van der Waals surface area contributed by atoms with Crippen LogP contribution in [0.15, 0.2) is 16.6 Å². The van der Waals surface area contributed by atoms with Crippen molar-refractivity contribution in [3.05, 3.63) is 27.7 Å². The third kappa shape index (κ3) is 3.23. The average molecular weight is 271 g/mol. The third-order valence-corrected chi connectivity index (χ3v) is 3.42. The van der Waals surface area contributed by atoms with Crippen LogP contribution in [0.25, 0.3) is 0 Å². The molecule has 0 spiro atoms. The van der Waals surface area contributed by atoms with Crippen molar-refractivity contribution in [1.82, 2.24) is 5.32 Å². The number of anilines is 1. The van der Waals surface area contributed by atoms with Gasteiger partial charge in [-0.3, -0.25) is 4.79 Å². The zero-order chi connectivity index (χ0) is 11.4. The summed E-state index contributed by atoms with van der Waals surface area (Å²) >= 11 is 3.50. The molecule has 0 aliphatic carbocycles. The van der Waals surface area contributed by atoms with Crippen molar-refractivity contribution < 1.29 is 4.79 Å². The summed E-state index contributed by atoms with van der Waals surface area (Å²) in [7, 11) is 1.63.